The molecule has 5 nitrogen and oxygen atoms in total. The summed E-state index contributed by atoms with van der Waals surface area (Å²) in [5, 5.41) is 5.66. The molecule has 1 N–H and O–H groups in total. The lowest BCUT2D eigenvalue weighted by Gasteiger charge is -2.37. The Morgan fingerprint density at radius 3 is 2.75 bits per heavy atom. The molecule has 0 aliphatic carbocycles. The Hall–Kier alpha value is -1.43. The highest BCUT2D eigenvalue weighted by Gasteiger charge is 2.38. The molecule has 1 aromatic rings. The highest BCUT2D eigenvalue weighted by molar-refractivity contribution is 7.09. The quantitative estimate of drug-likeness (QED) is 0.922. The second kappa shape index (κ2) is 5.91. The van der Waals surface area contributed by atoms with Gasteiger partial charge in [0, 0.05) is 11.1 Å². The number of amides is 2. The first kappa shape index (κ1) is 15.0. The minimum atomic E-state index is -0.412. The van der Waals surface area contributed by atoms with Crippen molar-refractivity contribution >= 4 is 23.2 Å². The summed E-state index contributed by atoms with van der Waals surface area (Å²) in [4.78, 5) is 30.5. The van der Waals surface area contributed by atoms with E-state index in [1.807, 2.05) is 33.1 Å². The van der Waals surface area contributed by atoms with E-state index in [0.29, 0.717) is 0 Å². The zero-order valence-corrected chi connectivity index (χ0v) is 13.2. The molecule has 1 fully saturated rings. The van der Waals surface area contributed by atoms with Gasteiger partial charge < -0.3 is 10.2 Å². The van der Waals surface area contributed by atoms with Crippen LogP contribution in [0.2, 0.25) is 0 Å². The standard InChI is InChI=1S/C14H21N3O2S/c1-5-8(2)12-14(19)17(6-11(18)16-12)10(4)13-15-9(3)7-20-13/h7-8,10,12H,5-6H2,1-4H3,(H,16,18). The normalized spacial score (nSPS) is 22.6. The molecular weight excluding hydrogens is 274 g/mol. The number of rotatable bonds is 4. The molecule has 0 bridgehead atoms. The van der Waals surface area contributed by atoms with Crippen molar-refractivity contribution < 1.29 is 9.59 Å². The minimum Gasteiger partial charge on any atom is -0.342 e. The number of nitrogens with zero attached hydrogens (tertiary/aromatic N) is 2. The first-order valence-corrected chi connectivity index (χ1v) is 7.83. The van der Waals surface area contributed by atoms with Gasteiger partial charge in [-0.1, -0.05) is 20.3 Å². The molecule has 2 amide bonds. The zero-order chi connectivity index (χ0) is 14.9. The molecule has 0 spiro atoms. The molecule has 0 radical (unpaired) electrons. The van der Waals surface area contributed by atoms with Crippen LogP contribution >= 0.6 is 11.3 Å². The molecule has 3 atom stereocenters. The van der Waals surface area contributed by atoms with Crippen molar-refractivity contribution in [1.82, 2.24) is 15.2 Å². The first-order valence-electron chi connectivity index (χ1n) is 6.95. The van der Waals surface area contributed by atoms with Crippen molar-refractivity contribution in [2.45, 2.75) is 46.2 Å². The molecule has 1 aromatic heterocycles. The van der Waals surface area contributed by atoms with E-state index >= 15 is 0 Å². The van der Waals surface area contributed by atoms with Gasteiger partial charge in [0.1, 0.15) is 17.6 Å². The lowest BCUT2D eigenvalue weighted by atomic mass is 9.95. The average molecular weight is 295 g/mol. The van der Waals surface area contributed by atoms with Gasteiger partial charge in [-0.15, -0.1) is 11.3 Å². The highest BCUT2D eigenvalue weighted by Crippen LogP contribution is 2.26. The van der Waals surface area contributed by atoms with E-state index in [9.17, 15) is 9.59 Å². The summed E-state index contributed by atoms with van der Waals surface area (Å²) in [5.41, 5.74) is 0.948. The van der Waals surface area contributed by atoms with Crippen LogP contribution in [0.5, 0.6) is 0 Å². The van der Waals surface area contributed by atoms with Crippen LogP contribution < -0.4 is 5.32 Å². The molecule has 0 saturated carbocycles. The first-order chi connectivity index (χ1) is 9.43. The highest BCUT2D eigenvalue weighted by atomic mass is 32.1. The summed E-state index contributed by atoms with van der Waals surface area (Å²) in [5.74, 6) is 0.0498. The van der Waals surface area contributed by atoms with Crippen molar-refractivity contribution in [1.29, 1.82) is 0 Å². The summed E-state index contributed by atoms with van der Waals surface area (Å²) < 4.78 is 0. The van der Waals surface area contributed by atoms with E-state index in [1.54, 1.807) is 4.90 Å². The topological polar surface area (TPSA) is 62.3 Å². The van der Waals surface area contributed by atoms with E-state index in [2.05, 4.69) is 10.3 Å². The third-order valence-electron chi connectivity index (χ3n) is 3.85. The van der Waals surface area contributed by atoms with Gasteiger partial charge in [0.05, 0.1) is 6.04 Å². The molecule has 1 aliphatic heterocycles. The number of hydrogen-bond donors (Lipinski definition) is 1. The Labute approximate surface area is 123 Å². The zero-order valence-electron chi connectivity index (χ0n) is 12.3. The third kappa shape index (κ3) is 2.85. The van der Waals surface area contributed by atoms with E-state index in [-0.39, 0.29) is 30.3 Å². The molecule has 110 valence electrons. The summed E-state index contributed by atoms with van der Waals surface area (Å²) in [6.07, 6.45) is 0.856. The van der Waals surface area contributed by atoms with Crippen molar-refractivity contribution in [3.8, 4) is 0 Å². The average Bonchev–Trinajstić information content (AvgIpc) is 2.86. The van der Waals surface area contributed by atoms with Gasteiger partial charge in [-0.05, 0) is 19.8 Å². The maximum absolute atomic E-state index is 12.6. The second-order valence-corrected chi connectivity index (χ2v) is 6.29. The van der Waals surface area contributed by atoms with Crippen LogP contribution in [0.1, 0.15) is 43.9 Å². The molecular formula is C14H21N3O2S. The number of nitrogens with one attached hydrogen (secondary N) is 1. The number of aryl methyl sites for hydroxylation is 1. The molecule has 20 heavy (non-hydrogen) atoms. The van der Waals surface area contributed by atoms with Gasteiger partial charge in [0.25, 0.3) is 0 Å². The molecule has 2 rings (SSSR count). The van der Waals surface area contributed by atoms with Gasteiger partial charge in [-0.25, -0.2) is 4.98 Å². The number of carbonyl (C=O) groups is 2. The summed E-state index contributed by atoms with van der Waals surface area (Å²) in [6, 6.07) is -0.566. The lowest BCUT2D eigenvalue weighted by molar-refractivity contribution is -0.148. The smallest absolute Gasteiger partial charge is 0.246 e. The Balaban J connectivity index is 2.21. The fourth-order valence-corrected chi connectivity index (χ4v) is 3.20. The van der Waals surface area contributed by atoms with E-state index in [0.717, 1.165) is 17.1 Å². The SMILES string of the molecule is CCC(C)C1NC(=O)CN(C(C)c2nc(C)cs2)C1=O. The number of piperazine rings is 1. The van der Waals surface area contributed by atoms with Crippen molar-refractivity contribution in [2.24, 2.45) is 5.92 Å². The van der Waals surface area contributed by atoms with Gasteiger partial charge in [-0.2, -0.15) is 0 Å². The van der Waals surface area contributed by atoms with Gasteiger partial charge >= 0.3 is 0 Å². The van der Waals surface area contributed by atoms with Crippen LogP contribution in [0, 0.1) is 12.8 Å². The maximum Gasteiger partial charge on any atom is 0.246 e. The summed E-state index contributed by atoms with van der Waals surface area (Å²) in [7, 11) is 0. The Bertz CT molecular complexity index is 514. The third-order valence-corrected chi connectivity index (χ3v) is 4.99. The summed E-state index contributed by atoms with van der Waals surface area (Å²) in [6.45, 7) is 7.99. The van der Waals surface area contributed by atoms with Crippen LogP contribution in [0.4, 0.5) is 0 Å². The molecule has 0 aromatic carbocycles. The fraction of sp³-hybridized carbons (Fsp3) is 0.643. The van der Waals surface area contributed by atoms with Gasteiger partial charge in [0.15, 0.2) is 0 Å². The van der Waals surface area contributed by atoms with Crippen molar-refractivity contribution in [3.63, 3.8) is 0 Å². The Morgan fingerprint density at radius 1 is 1.50 bits per heavy atom. The van der Waals surface area contributed by atoms with Gasteiger partial charge in [-0.3, -0.25) is 9.59 Å². The number of carbonyl (C=O) groups excluding carboxylic acids is 2. The fourth-order valence-electron chi connectivity index (χ4n) is 2.34. The van der Waals surface area contributed by atoms with Crippen LogP contribution in [0.25, 0.3) is 0 Å². The minimum absolute atomic E-state index is 0.000645. The lowest BCUT2D eigenvalue weighted by Crippen LogP contribution is -2.60. The van der Waals surface area contributed by atoms with Gasteiger partial charge in [0.2, 0.25) is 11.8 Å². The predicted octanol–water partition coefficient (Wildman–Crippen LogP) is 1.89. The van der Waals surface area contributed by atoms with E-state index < -0.39 is 6.04 Å². The van der Waals surface area contributed by atoms with E-state index in [1.165, 1.54) is 11.3 Å². The van der Waals surface area contributed by atoms with Crippen LogP contribution in [0.15, 0.2) is 5.38 Å². The molecule has 6 heteroatoms. The number of thiazole rings is 1. The van der Waals surface area contributed by atoms with E-state index in [4.69, 9.17) is 0 Å². The molecule has 1 saturated heterocycles. The predicted molar refractivity (Wildman–Crippen MR) is 78.4 cm³/mol. The number of hydrogen-bond acceptors (Lipinski definition) is 4. The largest absolute Gasteiger partial charge is 0.342 e. The monoisotopic (exact) mass is 295 g/mol. The molecule has 2 heterocycles. The van der Waals surface area contributed by atoms with Crippen molar-refractivity contribution in [2.75, 3.05) is 6.54 Å². The molecule has 3 unspecified atom stereocenters. The maximum atomic E-state index is 12.6. The van der Waals surface area contributed by atoms with Crippen LogP contribution in [0.3, 0.4) is 0 Å². The Morgan fingerprint density at radius 2 is 2.20 bits per heavy atom. The number of aromatic nitrogens is 1. The molecule has 1 aliphatic rings. The second-order valence-electron chi connectivity index (χ2n) is 5.40. The summed E-state index contributed by atoms with van der Waals surface area (Å²) >= 11 is 1.53. The van der Waals surface area contributed by atoms with Crippen LogP contribution in [-0.4, -0.2) is 34.3 Å². The van der Waals surface area contributed by atoms with Crippen LogP contribution in [-0.2, 0) is 9.59 Å². The Kier molecular flexibility index (Phi) is 4.42. The van der Waals surface area contributed by atoms with Crippen molar-refractivity contribution in [3.05, 3.63) is 16.1 Å².